The first-order valence-electron chi connectivity index (χ1n) is 6.51. The maximum atomic E-state index is 12.3. The highest BCUT2D eigenvalue weighted by Crippen LogP contribution is 2.28. The Morgan fingerprint density at radius 2 is 2.43 bits per heavy atom. The van der Waals surface area contributed by atoms with E-state index in [9.17, 15) is 4.79 Å². The SMILES string of the molecule is COc1ccc2c(c1)OCCN(C(=O)Nc1nccs1)C2. The molecule has 7 heteroatoms. The first-order valence-corrected chi connectivity index (χ1v) is 7.39. The van der Waals surface area contributed by atoms with Gasteiger partial charge in [0, 0.05) is 23.2 Å². The zero-order valence-corrected chi connectivity index (χ0v) is 12.4. The van der Waals surface area contributed by atoms with E-state index in [1.165, 1.54) is 11.3 Å². The first-order chi connectivity index (χ1) is 10.3. The van der Waals surface area contributed by atoms with E-state index in [4.69, 9.17) is 9.47 Å². The minimum absolute atomic E-state index is 0.169. The number of urea groups is 1. The molecule has 3 rings (SSSR count). The Bertz CT molecular complexity index is 630. The predicted octanol–water partition coefficient (Wildman–Crippen LogP) is 2.58. The lowest BCUT2D eigenvalue weighted by Crippen LogP contribution is -2.35. The Balaban J connectivity index is 1.74. The molecule has 2 heterocycles. The van der Waals surface area contributed by atoms with E-state index in [0.29, 0.717) is 24.8 Å². The lowest BCUT2D eigenvalue weighted by molar-refractivity contribution is 0.200. The third-order valence-corrected chi connectivity index (χ3v) is 3.88. The number of aromatic nitrogens is 1. The van der Waals surface area contributed by atoms with Crippen LogP contribution in [0.3, 0.4) is 0 Å². The zero-order chi connectivity index (χ0) is 14.7. The second kappa shape index (κ2) is 6.01. The average Bonchev–Trinajstić information content (AvgIpc) is 2.90. The van der Waals surface area contributed by atoms with Crippen LogP contribution in [0.1, 0.15) is 5.56 Å². The quantitative estimate of drug-likeness (QED) is 0.926. The molecule has 21 heavy (non-hydrogen) atoms. The molecule has 6 nitrogen and oxygen atoms in total. The normalized spacial score (nSPS) is 13.9. The molecule has 0 unspecified atom stereocenters. The van der Waals surface area contributed by atoms with E-state index in [-0.39, 0.29) is 6.03 Å². The molecule has 1 aliphatic heterocycles. The summed E-state index contributed by atoms with van der Waals surface area (Å²) in [5.41, 5.74) is 0.961. The molecule has 0 aliphatic carbocycles. The number of hydrogen-bond donors (Lipinski definition) is 1. The van der Waals surface area contributed by atoms with Gasteiger partial charge in [-0.2, -0.15) is 0 Å². The van der Waals surface area contributed by atoms with Crippen LogP contribution < -0.4 is 14.8 Å². The topological polar surface area (TPSA) is 63.7 Å². The van der Waals surface area contributed by atoms with E-state index in [2.05, 4.69) is 10.3 Å². The summed E-state index contributed by atoms with van der Waals surface area (Å²) in [5.74, 6) is 1.51. The summed E-state index contributed by atoms with van der Waals surface area (Å²) in [5, 5.41) is 5.21. The Morgan fingerprint density at radius 1 is 1.52 bits per heavy atom. The van der Waals surface area contributed by atoms with Crippen molar-refractivity contribution in [3.05, 3.63) is 35.3 Å². The molecule has 1 aromatic heterocycles. The first kappa shape index (κ1) is 13.7. The minimum atomic E-state index is -0.169. The Morgan fingerprint density at radius 3 is 3.19 bits per heavy atom. The summed E-state index contributed by atoms with van der Waals surface area (Å²) in [6.07, 6.45) is 1.66. The van der Waals surface area contributed by atoms with Gasteiger partial charge in [-0.05, 0) is 12.1 Å². The molecule has 0 saturated carbocycles. The smallest absolute Gasteiger partial charge is 0.324 e. The predicted molar refractivity (Wildman–Crippen MR) is 80.0 cm³/mol. The van der Waals surface area contributed by atoms with Crippen molar-refractivity contribution in [1.29, 1.82) is 0 Å². The summed E-state index contributed by atoms with van der Waals surface area (Å²) >= 11 is 1.39. The van der Waals surface area contributed by atoms with Crippen LogP contribution >= 0.6 is 11.3 Å². The number of carbonyl (C=O) groups excluding carboxylic acids is 1. The molecule has 0 bridgehead atoms. The highest BCUT2D eigenvalue weighted by Gasteiger charge is 2.20. The molecule has 0 spiro atoms. The van der Waals surface area contributed by atoms with E-state index in [1.807, 2.05) is 23.6 Å². The van der Waals surface area contributed by atoms with Crippen molar-refractivity contribution < 1.29 is 14.3 Å². The summed E-state index contributed by atoms with van der Waals surface area (Å²) in [7, 11) is 1.62. The lowest BCUT2D eigenvalue weighted by Gasteiger charge is -2.19. The third kappa shape index (κ3) is 3.08. The van der Waals surface area contributed by atoms with Crippen molar-refractivity contribution in [3.8, 4) is 11.5 Å². The number of anilines is 1. The van der Waals surface area contributed by atoms with Crippen LogP contribution in [0.4, 0.5) is 9.93 Å². The molecule has 1 aromatic carbocycles. The summed E-state index contributed by atoms with van der Waals surface area (Å²) < 4.78 is 10.9. The number of carbonyl (C=O) groups is 1. The van der Waals surface area contributed by atoms with E-state index in [1.54, 1.807) is 18.2 Å². The van der Waals surface area contributed by atoms with Crippen molar-refractivity contribution in [2.75, 3.05) is 25.6 Å². The van der Waals surface area contributed by atoms with E-state index < -0.39 is 0 Å². The Labute approximate surface area is 126 Å². The second-order valence-electron chi connectivity index (χ2n) is 4.51. The van der Waals surface area contributed by atoms with Gasteiger partial charge in [0.1, 0.15) is 18.1 Å². The Hall–Kier alpha value is -2.28. The average molecular weight is 305 g/mol. The van der Waals surface area contributed by atoms with Gasteiger partial charge in [-0.3, -0.25) is 5.32 Å². The van der Waals surface area contributed by atoms with Gasteiger partial charge in [0.05, 0.1) is 20.2 Å². The van der Waals surface area contributed by atoms with Crippen molar-refractivity contribution >= 4 is 22.5 Å². The monoisotopic (exact) mass is 305 g/mol. The van der Waals surface area contributed by atoms with Crippen molar-refractivity contribution in [2.24, 2.45) is 0 Å². The highest BCUT2D eigenvalue weighted by atomic mass is 32.1. The highest BCUT2D eigenvalue weighted by molar-refractivity contribution is 7.13. The van der Waals surface area contributed by atoms with Crippen LogP contribution in [-0.2, 0) is 6.54 Å². The Kier molecular flexibility index (Phi) is 3.92. The van der Waals surface area contributed by atoms with Crippen LogP contribution in [0.5, 0.6) is 11.5 Å². The van der Waals surface area contributed by atoms with Gasteiger partial charge in [-0.15, -0.1) is 11.3 Å². The minimum Gasteiger partial charge on any atom is -0.497 e. The maximum Gasteiger partial charge on any atom is 0.324 e. The number of hydrogen-bond acceptors (Lipinski definition) is 5. The molecule has 1 aliphatic rings. The van der Waals surface area contributed by atoms with Crippen LogP contribution in [0, 0.1) is 0 Å². The fraction of sp³-hybridized carbons (Fsp3) is 0.286. The van der Waals surface area contributed by atoms with Gasteiger partial charge in [0.15, 0.2) is 5.13 Å². The molecule has 0 atom stereocenters. The number of nitrogens with zero attached hydrogens (tertiary/aromatic N) is 2. The zero-order valence-electron chi connectivity index (χ0n) is 11.5. The van der Waals surface area contributed by atoms with E-state index >= 15 is 0 Å². The van der Waals surface area contributed by atoms with Gasteiger partial charge in [0.25, 0.3) is 0 Å². The van der Waals surface area contributed by atoms with Gasteiger partial charge in [-0.25, -0.2) is 9.78 Å². The number of thiazole rings is 1. The van der Waals surface area contributed by atoms with Crippen molar-refractivity contribution in [1.82, 2.24) is 9.88 Å². The summed E-state index contributed by atoms with van der Waals surface area (Å²) in [6, 6.07) is 5.46. The lowest BCUT2D eigenvalue weighted by atomic mass is 10.2. The molecular formula is C14H15N3O3S. The largest absolute Gasteiger partial charge is 0.497 e. The van der Waals surface area contributed by atoms with Crippen LogP contribution in [0.15, 0.2) is 29.8 Å². The molecule has 2 aromatic rings. The fourth-order valence-electron chi connectivity index (χ4n) is 2.11. The second-order valence-corrected chi connectivity index (χ2v) is 5.41. The van der Waals surface area contributed by atoms with Gasteiger partial charge in [0.2, 0.25) is 0 Å². The summed E-state index contributed by atoms with van der Waals surface area (Å²) in [4.78, 5) is 18.0. The molecular weight excluding hydrogens is 290 g/mol. The standard InChI is InChI=1S/C14H15N3O3S/c1-19-11-3-2-10-9-17(5-6-20-12(10)8-11)14(18)16-13-15-4-7-21-13/h2-4,7-8H,5-6,9H2,1H3,(H,15,16,18). The van der Waals surface area contributed by atoms with Crippen LogP contribution in [0.25, 0.3) is 0 Å². The number of methoxy groups -OCH3 is 1. The van der Waals surface area contributed by atoms with Crippen molar-refractivity contribution in [2.45, 2.75) is 6.54 Å². The number of nitrogens with one attached hydrogen (secondary N) is 1. The molecule has 0 fully saturated rings. The molecule has 0 saturated heterocycles. The van der Waals surface area contributed by atoms with Gasteiger partial charge >= 0.3 is 6.03 Å². The van der Waals surface area contributed by atoms with Crippen molar-refractivity contribution in [3.63, 3.8) is 0 Å². The number of amides is 2. The molecule has 0 radical (unpaired) electrons. The molecule has 110 valence electrons. The number of benzene rings is 1. The number of rotatable bonds is 2. The van der Waals surface area contributed by atoms with E-state index in [0.717, 1.165) is 17.1 Å². The van der Waals surface area contributed by atoms with Crippen LogP contribution in [0.2, 0.25) is 0 Å². The summed E-state index contributed by atoms with van der Waals surface area (Å²) in [6.45, 7) is 1.47. The maximum absolute atomic E-state index is 12.3. The number of fused-ring (bicyclic) bond motifs is 1. The third-order valence-electron chi connectivity index (χ3n) is 3.19. The number of ether oxygens (including phenoxy) is 2. The molecule has 1 N–H and O–H groups in total. The van der Waals surface area contributed by atoms with Gasteiger partial charge in [-0.1, -0.05) is 0 Å². The van der Waals surface area contributed by atoms with Crippen LogP contribution in [-0.4, -0.2) is 36.2 Å². The molecule has 2 amide bonds. The van der Waals surface area contributed by atoms with Gasteiger partial charge < -0.3 is 14.4 Å². The fourth-order valence-corrected chi connectivity index (χ4v) is 2.62.